The Morgan fingerprint density at radius 2 is 2.00 bits per heavy atom. The Morgan fingerprint density at radius 1 is 1.15 bits per heavy atom. The maximum absolute atomic E-state index is 14.0. The molecule has 4 saturated heterocycles. The summed E-state index contributed by atoms with van der Waals surface area (Å²) < 4.78 is 21.2. The van der Waals surface area contributed by atoms with E-state index in [0.717, 1.165) is 47.8 Å². The molecule has 3 aromatic heterocycles. The first-order chi connectivity index (χ1) is 19.5. The number of anilines is 2. The lowest BCUT2D eigenvalue weighted by Crippen LogP contribution is -2.69. The lowest BCUT2D eigenvalue weighted by molar-refractivity contribution is 0.00666. The van der Waals surface area contributed by atoms with Crippen molar-refractivity contribution in [2.45, 2.75) is 37.3 Å². The minimum atomic E-state index is -0.820. The molecule has 10 heteroatoms. The molecule has 9 nitrogen and oxygen atoms in total. The Labute approximate surface area is 233 Å². The van der Waals surface area contributed by atoms with E-state index in [0.29, 0.717) is 37.2 Å². The van der Waals surface area contributed by atoms with Gasteiger partial charge in [-0.25, -0.2) is 13.9 Å². The molecule has 0 aromatic carbocycles. The number of methoxy groups -OCH3 is 1. The molecule has 3 aromatic rings. The second-order valence-corrected chi connectivity index (χ2v) is 11.3. The summed E-state index contributed by atoms with van der Waals surface area (Å²) in [5.74, 6) is 0.971. The number of rotatable bonds is 6. The molecule has 0 radical (unpaired) electrons. The maximum Gasteiger partial charge on any atom is 0.148 e. The van der Waals surface area contributed by atoms with E-state index in [1.54, 1.807) is 17.8 Å². The fourth-order valence-electron chi connectivity index (χ4n) is 6.67. The quantitative estimate of drug-likeness (QED) is 0.471. The number of ether oxygens (including phenoxy) is 1. The van der Waals surface area contributed by atoms with Gasteiger partial charge in [-0.05, 0) is 42.7 Å². The molecule has 0 aliphatic carbocycles. The number of piperidine rings is 1. The van der Waals surface area contributed by atoms with Crippen LogP contribution in [0.3, 0.4) is 0 Å². The Balaban J connectivity index is 1.09. The van der Waals surface area contributed by atoms with E-state index in [4.69, 9.17) is 9.72 Å². The predicted molar refractivity (Wildman–Crippen MR) is 152 cm³/mol. The lowest BCUT2D eigenvalue weighted by Gasteiger charge is -2.57. The fraction of sp³-hybridized carbons (Fsp3) is 0.433. The molecule has 0 saturated carbocycles. The van der Waals surface area contributed by atoms with Gasteiger partial charge < -0.3 is 19.4 Å². The van der Waals surface area contributed by atoms with Gasteiger partial charge in [0, 0.05) is 82.5 Å². The van der Waals surface area contributed by atoms with E-state index in [2.05, 4.69) is 56.4 Å². The van der Waals surface area contributed by atoms with Gasteiger partial charge in [-0.3, -0.25) is 4.90 Å². The third-order valence-corrected chi connectivity index (χ3v) is 8.79. The van der Waals surface area contributed by atoms with Crippen molar-refractivity contribution >= 4 is 17.0 Å². The maximum atomic E-state index is 14.0. The lowest BCUT2D eigenvalue weighted by atomic mass is 9.86. The van der Waals surface area contributed by atoms with Gasteiger partial charge in [-0.15, -0.1) is 0 Å². The average molecular weight is 541 g/mol. The summed E-state index contributed by atoms with van der Waals surface area (Å²) in [6.07, 6.45) is 12.8. The highest BCUT2D eigenvalue weighted by molar-refractivity contribution is 5.86. The number of aromatic nitrogens is 3. The highest BCUT2D eigenvalue weighted by Gasteiger charge is 2.45. The van der Waals surface area contributed by atoms with Crippen molar-refractivity contribution in [3.8, 4) is 17.2 Å². The molecule has 0 N–H and O–H groups in total. The number of nitriles is 1. The van der Waals surface area contributed by atoms with Gasteiger partial charge in [0.05, 0.1) is 29.2 Å². The van der Waals surface area contributed by atoms with Crippen LogP contribution in [0.25, 0.3) is 16.6 Å². The van der Waals surface area contributed by atoms with Crippen LogP contribution in [0, 0.1) is 11.3 Å². The highest BCUT2D eigenvalue weighted by atomic mass is 19.1. The highest BCUT2D eigenvalue weighted by Crippen LogP contribution is 2.37. The summed E-state index contributed by atoms with van der Waals surface area (Å²) in [6.45, 7) is 3.90. The number of halogens is 1. The first-order valence-electron chi connectivity index (χ1n) is 13.9. The van der Waals surface area contributed by atoms with Crippen molar-refractivity contribution in [1.82, 2.24) is 24.4 Å². The van der Waals surface area contributed by atoms with E-state index in [1.165, 1.54) is 12.0 Å². The molecular formula is C30H33FN8O. The molecule has 4 fully saturated rings. The van der Waals surface area contributed by atoms with Crippen LogP contribution < -0.4 is 9.80 Å². The summed E-state index contributed by atoms with van der Waals surface area (Å²) in [4.78, 5) is 14.0. The zero-order valence-electron chi connectivity index (χ0n) is 22.8. The van der Waals surface area contributed by atoms with E-state index in [-0.39, 0.29) is 6.23 Å². The standard InChI is InChI=1S/C30H33FN8O/c1-35-14-20(3-6-29(35)40-2)15-38-25-9-26(38)18-37(17-25)28-5-4-21(12-33-28)27-10-24(36-8-7-23(31)16-36)19-39-30(27)22(11-32)13-34-39/h3-6,10,12-14,19,23,25-26,29H,7-9,15-18H2,1-2H3/t23-,25+,26?,29?/m0/s1. The monoisotopic (exact) mass is 540 g/mol. The second kappa shape index (κ2) is 9.91. The minimum absolute atomic E-state index is 0.00549. The van der Waals surface area contributed by atoms with Gasteiger partial charge in [0.15, 0.2) is 0 Å². The third kappa shape index (κ3) is 4.30. The minimum Gasteiger partial charge on any atom is -0.367 e. The Morgan fingerprint density at radius 3 is 2.67 bits per heavy atom. The van der Waals surface area contributed by atoms with Crippen LogP contribution in [-0.2, 0) is 4.74 Å². The fourth-order valence-corrected chi connectivity index (χ4v) is 6.67. The molecule has 2 unspecified atom stereocenters. The van der Waals surface area contributed by atoms with E-state index in [9.17, 15) is 9.65 Å². The third-order valence-electron chi connectivity index (χ3n) is 8.79. The number of nitrogens with zero attached hydrogens (tertiary/aromatic N) is 8. The number of piperazine rings is 1. The van der Waals surface area contributed by atoms with Crippen LogP contribution in [0.1, 0.15) is 18.4 Å². The molecule has 2 bridgehead atoms. The van der Waals surface area contributed by atoms with Crippen molar-refractivity contribution in [2.75, 3.05) is 56.7 Å². The normalized spacial score (nSPS) is 26.2. The average Bonchev–Trinajstić information content (AvgIpc) is 3.61. The van der Waals surface area contributed by atoms with Crippen LogP contribution in [-0.4, -0.2) is 95.8 Å². The molecule has 4 atom stereocenters. The molecule has 0 amide bonds. The number of hydrogen-bond acceptors (Lipinski definition) is 8. The van der Waals surface area contributed by atoms with E-state index < -0.39 is 6.17 Å². The van der Waals surface area contributed by atoms with Crippen LogP contribution in [0.4, 0.5) is 15.9 Å². The van der Waals surface area contributed by atoms with Crippen molar-refractivity contribution in [3.63, 3.8) is 0 Å². The van der Waals surface area contributed by atoms with Crippen LogP contribution in [0.5, 0.6) is 0 Å². The largest absolute Gasteiger partial charge is 0.367 e. The zero-order chi connectivity index (χ0) is 27.4. The Kier molecular flexibility index (Phi) is 6.21. The van der Waals surface area contributed by atoms with Gasteiger partial charge in [-0.2, -0.15) is 10.4 Å². The van der Waals surface area contributed by atoms with E-state index >= 15 is 0 Å². The number of hydrogen-bond donors (Lipinski definition) is 0. The van der Waals surface area contributed by atoms with Crippen molar-refractivity contribution in [2.24, 2.45) is 0 Å². The van der Waals surface area contributed by atoms with Crippen molar-refractivity contribution in [1.29, 1.82) is 5.26 Å². The SMILES string of the molecule is COC1C=CC(CN2C3C[C@@H]2CN(c2ccc(-c4cc(N5CC[C@H](F)C5)cn5ncc(C#N)c45)cn2)C3)=CN1C. The van der Waals surface area contributed by atoms with Gasteiger partial charge in [0.2, 0.25) is 0 Å². The second-order valence-electron chi connectivity index (χ2n) is 11.3. The summed E-state index contributed by atoms with van der Waals surface area (Å²) in [5, 5.41) is 14.1. The molecule has 206 valence electrons. The molecule has 40 heavy (non-hydrogen) atoms. The predicted octanol–water partition coefficient (Wildman–Crippen LogP) is 3.44. The van der Waals surface area contributed by atoms with Gasteiger partial charge in [-0.1, -0.05) is 6.08 Å². The van der Waals surface area contributed by atoms with Gasteiger partial charge >= 0.3 is 0 Å². The van der Waals surface area contributed by atoms with Gasteiger partial charge in [0.1, 0.15) is 24.3 Å². The van der Waals surface area contributed by atoms with E-state index in [1.807, 2.05) is 30.4 Å². The first kappa shape index (κ1) is 25.1. The van der Waals surface area contributed by atoms with Crippen LogP contribution in [0.2, 0.25) is 0 Å². The van der Waals surface area contributed by atoms with Crippen molar-refractivity contribution < 1.29 is 9.13 Å². The van der Waals surface area contributed by atoms with Gasteiger partial charge in [0.25, 0.3) is 0 Å². The smallest absolute Gasteiger partial charge is 0.148 e. The molecule has 8 heterocycles. The molecular weight excluding hydrogens is 507 g/mol. The summed E-state index contributed by atoms with van der Waals surface area (Å²) in [6, 6.07) is 9.49. The Bertz CT molecular complexity index is 1510. The number of fused-ring (bicyclic) bond motifs is 3. The summed E-state index contributed by atoms with van der Waals surface area (Å²) >= 11 is 0. The zero-order valence-corrected chi connectivity index (χ0v) is 22.8. The summed E-state index contributed by atoms with van der Waals surface area (Å²) in [5.41, 5.74) is 5.28. The first-order valence-corrected chi connectivity index (χ1v) is 13.9. The topological polar surface area (TPSA) is 76.2 Å². The Hall–Kier alpha value is -3.94. The molecule has 5 aliphatic rings. The number of likely N-dealkylation sites (N-methyl/N-ethyl adjacent to an activating group) is 1. The summed E-state index contributed by atoms with van der Waals surface area (Å²) in [7, 11) is 3.78. The van der Waals surface area contributed by atoms with Crippen molar-refractivity contribution in [3.05, 3.63) is 66.3 Å². The molecule has 8 rings (SSSR count). The van der Waals surface area contributed by atoms with Crippen LogP contribution in [0.15, 0.2) is 60.7 Å². The van der Waals surface area contributed by atoms with Crippen LogP contribution >= 0.6 is 0 Å². The molecule has 5 aliphatic heterocycles. The number of pyridine rings is 2. The molecule has 0 spiro atoms. The number of alkyl halides is 1.